The van der Waals surface area contributed by atoms with E-state index < -0.39 is 0 Å². The van der Waals surface area contributed by atoms with Crippen molar-refractivity contribution in [3.8, 4) is 22.5 Å². The van der Waals surface area contributed by atoms with Crippen molar-refractivity contribution in [1.29, 1.82) is 0 Å². The molecule has 2 aromatic heterocycles. The van der Waals surface area contributed by atoms with Crippen LogP contribution in [0.15, 0.2) is 48.5 Å². The third kappa shape index (κ3) is 5.02. The number of nitrogens with zero attached hydrogens (tertiary/aromatic N) is 6. The maximum Gasteiger partial charge on any atom is 0.205 e. The first kappa shape index (κ1) is 21.5. The van der Waals surface area contributed by atoms with Crippen LogP contribution in [0.2, 0.25) is 0 Å². The standard InChI is InChI=1S/C26H31N7/c1-2-25-27-24(17-14-19-8-4-3-5-9-19)30-33(25)18-20-12-15-21(16-13-20)22-10-6-7-11-23(22)26-28-31-32-29-26/h6-7,10-13,15-16,19H,2-5,8-9,14,17-18H2,1H3,(H,28,29,31,32). The molecule has 1 saturated carbocycles. The Hall–Kier alpha value is -3.35. The average Bonchev–Trinajstić information content (AvgIpc) is 3.54. The molecule has 33 heavy (non-hydrogen) atoms. The predicted octanol–water partition coefficient (Wildman–Crippen LogP) is 5.25. The number of aromatic nitrogens is 7. The van der Waals surface area contributed by atoms with Gasteiger partial charge in [0, 0.05) is 18.4 Å². The van der Waals surface area contributed by atoms with Crippen LogP contribution in [-0.4, -0.2) is 35.4 Å². The lowest BCUT2D eigenvalue weighted by Gasteiger charge is -2.20. The number of aryl methyl sites for hydroxylation is 2. The molecular weight excluding hydrogens is 410 g/mol. The maximum atomic E-state index is 4.87. The molecular formula is C26H31N7. The summed E-state index contributed by atoms with van der Waals surface area (Å²) in [4.78, 5) is 4.84. The monoisotopic (exact) mass is 441 g/mol. The highest BCUT2D eigenvalue weighted by atomic mass is 15.5. The molecule has 1 fully saturated rings. The van der Waals surface area contributed by atoms with Gasteiger partial charge >= 0.3 is 0 Å². The third-order valence-electron chi connectivity index (χ3n) is 6.72. The van der Waals surface area contributed by atoms with Gasteiger partial charge in [-0.15, -0.1) is 10.2 Å². The summed E-state index contributed by atoms with van der Waals surface area (Å²) in [5.41, 5.74) is 4.40. The molecule has 0 amide bonds. The van der Waals surface area contributed by atoms with E-state index >= 15 is 0 Å². The molecule has 1 N–H and O–H groups in total. The topological polar surface area (TPSA) is 85.2 Å². The summed E-state index contributed by atoms with van der Waals surface area (Å²) in [7, 11) is 0. The van der Waals surface area contributed by atoms with Gasteiger partial charge in [0.05, 0.1) is 6.54 Å². The second-order valence-corrected chi connectivity index (χ2v) is 8.98. The van der Waals surface area contributed by atoms with Gasteiger partial charge in [-0.2, -0.15) is 10.3 Å². The van der Waals surface area contributed by atoms with E-state index in [-0.39, 0.29) is 0 Å². The van der Waals surface area contributed by atoms with Crippen molar-refractivity contribution < 1.29 is 0 Å². The third-order valence-corrected chi connectivity index (χ3v) is 6.72. The molecule has 0 bridgehead atoms. The van der Waals surface area contributed by atoms with Crippen molar-refractivity contribution in [2.45, 2.75) is 64.8 Å². The molecule has 5 rings (SSSR count). The zero-order valence-electron chi connectivity index (χ0n) is 19.2. The van der Waals surface area contributed by atoms with Gasteiger partial charge in [0.25, 0.3) is 0 Å². The number of benzene rings is 2. The normalized spacial score (nSPS) is 14.6. The van der Waals surface area contributed by atoms with Crippen molar-refractivity contribution in [3.63, 3.8) is 0 Å². The predicted molar refractivity (Wildman–Crippen MR) is 128 cm³/mol. The number of hydrogen-bond acceptors (Lipinski definition) is 5. The first-order valence-corrected chi connectivity index (χ1v) is 12.1. The first-order valence-electron chi connectivity index (χ1n) is 12.1. The van der Waals surface area contributed by atoms with E-state index in [1.54, 1.807) is 0 Å². The van der Waals surface area contributed by atoms with Crippen LogP contribution in [0.5, 0.6) is 0 Å². The number of aromatic amines is 1. The Kier molecular flexibility index (Phi) is 6.56. The molecule has 0 aliphatic heterocycles. The van der Waals surface area contributed by atoms with Gasteiger partial charge in [-0.25, -0.2) is 9.67 Å². The quantitative estimate of drug-likeness (QED) is 0.404. The van der Waals surface area contributed by atoms with Crippen LogP contribution < -0.4 is 0 Å². The number of hydrogen-bond donors (Lipinski definition) is 1. The first-order chi connectivity index (χ1) is 16.3. The summed E-state index contributed by atoms with van der Waals surface area (Å²) in [5, 5.41) is 19.4. The number of H-pyrrole nitrogens is 1. The number of nitrogens with one attached hydrogen (secondary N) is 1. The van der Waals surface area contributed by atoms with Crippen LogP contribution in [-0.2, 0) is 19.4 Å². The lowest BCUT2D eigenvalue weighted by Crippen LogP contribution is -2.08. The minimum Gasteiger partial charge on any atom is -0.245 e. The molecule has 0 atom stereocenters. The second-order valence-electron chi connectivity index (χ2n) is 8.98. The fraction of sp³-hybridized carbons (Fsp3) is 0.423. The summed E-state index contributed by atoms with van der Waals surface area (Å²) in [6.45, 7) is 2.90. The fourth-order valence-corrected chi connectivity index (χ4v) is 4.90. The lowest BCUT2D eigenvalue weighted by atomic mass is 9.86. The van der Waals surface area contributed by atoms with Crippen LogP contribution in [0.4, 0.5) is 0 Å². The molecule has 0 radical (unpaired) electrons. The van der Waals surface area contributed by atoms with Crippen LogP contribution in [0.3, 0.4) is 0 Å². The van der Waals surface area contributed by atoms with Crippen molar-refractivity contribution in [2.24, 2.45) is 5.92 Å². The summed E-state index contributed by atoms with van der Waals surface area (Å²) in [6, 6.07) is 16.8. The van der Waals surface area contributed by atoms with Crippen LogP contribution in [0.25, 0.3) is 22.5 Å². The molecule has 7 heteroatoms. The molecule has 7 nitrogen and oxygen atoms in total. The smallest absolute Gasteiger partial charge is 0.205 e. The van der Waals surface area contributed by atoms with Crippen LogP contribution in [0, 0.1) is 5.92 Å². The Bertz CT molecular complexity index is 1160. The molecule has 2 aromatic carbocycles. The SMILES string of the molecule is CCc1nc(CCC2CCCCC2)nn1Cc1ccc(-c2ccccc2-c2nn[nH]n2)cc1. The van der Waals surface area contributed by atoms with Crippen molar-refractivity contribution >= 4 is 0 Å². The van der Waals surface area contributed by atoms with Gasteiger partial charge in [0.15, 0.2) is 5.82 Å². The highest BCUT2D eigenvalue weighted by Crippen LogP contribution is 2.30. The summed E-state index contributed by atoms with van der Waals surface area (Å²) >= 11 is 0. The summed E-state index contributed by atoms with van der Waals surface area (Å²) in [5.74, 6) is 3.53. The van der Waals surface area contributed by atoms with Gasteiger partial charge in [0.2, 0.25) is 5.82 Å². The van der Waals surface area contributed by atoms with E-state index in [0.717, 1.165) is 53.6 Å². The molecule has 4 aromatic rings. The van der Waals surface area contributed by atoms with Gasteiger partial charge in [-0.05, 0) is 34.2 Å². The largest absolute Gasteiger partial charge is 0.245 e. The number of tetrazole rings is 1. The average molecular weight is 442 g/mol. The molecule has 1 aliphatic carbocycles. The van der Waals surface area contributed by atoms with Gasteiger partial charge < -0.3 is 0 Å². The summed E-state index contributed by atoms with van der Waals surface area (Å²) < 4.78 is 2.08. The minimum absolute atomic E-state index is 0.602. The van der Waals surface area contributed by atoms with E-state index in [1.807, 2.05) is 18.2 Å². The maximum absolute atomic E-state index is 4.87. The number of rotatable bonds is 8. The highest BCUT2D eigenvalue weighted by molar-refractivity contribution is 5.80. The van der Waals surface area contributed by atoms with Gasteiger partial charge in [-0.1, -0.05) is 87.6 Å². The van der Waals surface area contributed by atoms with Gasteiger partial charge in [0.1, 0.15) is 5.82 Å². The van der Waals surface area contributed by atoms with E-state index in [9.17, 15) is 0 Å². The van der Waals surface area contributed by atoms with Crippen molar-refractivity contribution in [3.05, 3.63) is 65.7 Å². The van der Waals surface area contributed by atoms with Crippen LogP contribution >= 0.6 is 0 Å². The molecule has 0 spiro atoms. The van der Waals surface area contributed by atoms with Gasteiger partial charge in [-0.3, -0.25) is 0 Å². The lowest BCUT2D eigenvalue weighted by molar-refractivity contribution is 0.337. The Labute approximate surface area is 194 Å². The minimum atomic E-state index is 0.602. The Balaban J connectivity index is 1.29. The van der Waals surface area contributed by atoms with Crippen molar-refractivity contribution in [1.82, 2.24) is 35.4 Å². The Morgan fingerprint density at radius 1 is 0.970 bits per heavy atom. The Morgan fingerprint density at radius 3 is 2.48 bits per heavy atom. The molecule has 0 unspecified atom stereocenters. The van der Waals surface area contributed by atoms with Crippen LogP contribution in [0.1, 0.15) is 62.7 Å². The molecule has 1 aliphatic rings. The Morgan fingerprint density at radius 2 is 1.76 bits per heavy atom. The molecule has 170 valence electrons. The summed E-state index contributed by atoms with van der Waals surface area (Å²) in [6.07, 6.45) is 10.1. The second kappa shape index (κ2) is 10.1. The van der Waals surface area contributed by atoms with E-state index in [2.05, 4.69) is 62.6 Å². The zero-order valence-corrected chi connectivity index (χ0v) is 19.2. The fourth-order valence-electron chi connectivity index (χ4n) is 4.90. The molecule has 2 heterocycles. The van der Waals surface area contributed by atoms with E-state index in [0.29, 0.717) is 5.82 Å². The van der Waals surface area contributed by atoms with E-state index in [1.165, 1.54) is 44.1 Å². The highest BCUT2D eigenvalue weighted by Gasteiger charge is 2.16. The van der Waals surface area contributed by atoms with Crippen molar-refractivity contribution in [2.75, 3.05) is 0 Å². The van der Waals surface area contributed by atoms with E-state index in [4.69, 9.17) is 10.1 Å². The molecule has 0 saturated heterocycles. The zero-order chi connectivity index (χ0) is 22.5.